The Balaban J connectivity index is 1.42. The zero-order valence-electron chi connectivity index (χ0n) is 24.4. The largest absolute Gasteiger partial charge is 0.478 e. The number of carboxylic acids is 1. The van der Waals surface area contributed by atoms with Gasteiger partial charge in [-0.2, -0.15) is 4.89 Å². The third kappa shape index (κ3) is 7.84. The highest BCUT2D eigenvalue weighted by molar-refractivity contribution is 6.03. The van der Waals surface area contributed by atoms with Gasteiger partial charge in [-0.3, -0.25) is 15.4 Å². The van der Waals surface area contributed by atoms with Crippen LogP contribution in [0.3, 0.4) is 0 Å². The number of aryl methyl sites for hydroxylation is 3. The molecule has 0 atom stereocenters. The molecule has 0 saturated heterocycles. The standard InChI is InChI=1S/C33H31NO10/c1-4-24-16-23(7-12-31(24)44-42-19-26-17-27(34(38)39)9-8-25(26)18-41-40)15-22-6-11-30(21(3)14-22)43-33(37)29-13-20(2)5-10-28(29)32(35)36/h5-14,16-17,40H,4,15,18-19H2,1-3H3,(H,35,36). The molecule has 2 N–H and O–H groups in total. The quantitative estimate of drug-likeness (QED) is 0.0551. The molecule has 0 spiro atoms. The van der Waals surface area contributed by atoms with Crippen molar-refractivity contribution in [3.8, 4) is 11.5 Å². The van der Waals surface area contributed by atoms with Gasteiger partial charge in [0.05, 0.1) is 16.1 Å². The summed E-state index contributed by atoms with van der Waals surface area (Å²) < 4.78 is 5.56. The smallest absolute Gasteiger partial charge is 0.344 e. The van der Waals surface area contributed by atoms with Crippen LogP contribution in [0, 0.1) is 24.0 Å². The normalized spacial score (nSPS) is 10.8. The van der Waals surface area contributed by atoms with Crippen molar-refractivity contribution in [2.24, 2.45) is 0 Å². The van der Waals surface area contributed by atoms with Crippen LogP contribution in [0.5, 0.6) is 11.5 Å². The summed E-state index contributed by atoms with van der Waals surface area (Å²) in [6, 6.07) is 19.8. The summed E-state index contributed by atoms with van der Waals surface area (Å²) in [4.78, 5) is 50.2. The Morgan fingerprint density at radius 3 is 2.20 bits per heavy atom. The topological polar surface area (TPSA) is 155 Å². The number of hydrogen-bond donors (Lipinski definition) is 2. The van der Waals surface area contributed by atoms with Crippen LogP contribution in [0.2, 0.25) is 0 Å². The molecule has 44 heavy (non-hydrogen) atoms. The van der Waals surface area contributed by atoms with Gasteiger partial charge >= 0.3 is 11.9 Å². The maximum Gasteiger partial charge on any atom is 0.344 e. The molecule has 0 aliphatic rings. The SMILES string of the molecule is CCc1cc(Cc2ccc(OC(=O)c3cc(C)ccc3C(=O)O)c(C)c2)ccc1OOCc1cc([N+](=O)[O-])ccc1COO. The van der Waals surface area contributed by atoms with Crippen LogP contribution in [0.1, 0.15) is 66.6 Å². The zero-order chi connectivity index (χ0) is 31.8. The highest BCUT2D eigenvalue weighted by atomic mass is 17.2. The number of hydrogen-bond acceptors (Lipinski definition) is 9. The Morgan fingerprint density at radius 1 is 0.818 bits per heavy atom. The molecule has 4 rings (SSSR count). The van der Waals surface area contributed by atoms with E-state index in [-0.39, 0.29) is 30.0 Å². The second-order valence-corrected chi connectivity index (χ2v) is 10.1. The number of aromatic carboxylic acids is 1. The number of nitrogens with zero attached hydrogens (tertiary/aromatic N) is 1. The van der Waals surface area contributed by atoms with E-state index >= 15 is 0 Å². The maximum atomic E-state index is 12.8. The Kier molecular flexibility index (Phi) is 10.4. The molecule has 11 heteroatoms. The second-order valence-electron chi connectivity index (χ2n) is 10.1. The molecule has 0 aliphatic carbocycles. The van der Waals surface area contributed by atoms with Crippen molar-refractivity contribution in [3.05, 3.63) is 133 Å². The molecular weight excluding hydrogens is 570 g/mol. The highest BCUT2D eigenvalue weighted by Gasteiger charge is 2.20. The summed E-state index contributed by atoms with van der Waals surface area (Å²) in [5.74, 6) is -1.11. The van der Waals surface area contributed by atoms with Gasteiger partial charge in [0, 0.05) is 12.1 Å². The van der Waals surface area contributed by atoms with Crippen molar-refractivity contribution >= 4 is 17.6 Å². The monoisotopic (exact) mass is 601 g/mol. The number of esters is 1. The van der Waals surface area contributed by atoms with Crippen LogP contribution in [0.25, 0.3) is 0 Å². The second kappa shape index (κ2) is 14.4. The zero-order valence-corrected chi connectivity index (χ0v) is 24.4. The molecule has 0 bridgehead atoms. The van der Waals surface area contributed by atoms with E-state index < -0.39 is 16.9 Å². The van der Waals surface area contributed by atoms with Crippen LogP contribution < -0.4 is 9.62 Å². The lowest BCUT2D eigenvalue weighted by Gasteiger charge is -2.13. The van der Waals surface area contributed by atoms with Crippen molar-refractivity contribution in [2.45, 2.75) is 46.8 Å². The van der Waals surface area contributed by atoms with Gasteiger partial charge in [-0.25, -0.2) is 14.5 Å². The van der Waals surface area contributed by atoms with Crippen molar-refractivity contribution in [1.29, 1.82) is 0 Å². The average Bonchev–Trinajstić information content (AvgIpc) is 2.99. The summed E-state index contributed by atoms with van der Waals surface area (Å²) >= 11 is 0. The summed E-state index contributed by atoms with van der Waals surface area (Å²) in [6.07, 6.45) is 1.24. The van der Waals surface area contributed by atoms with Gasteiger partial charge in [-0.15, -0.1) is 0 Å². The van der Waals surface area contributed by atoms with Gasteiger partial charge in [-0.1, -0.05) is 42.8 Å². The van der Waals surface area contributed by atoms with Crippen LogP contribution in [-0.2, 0) is 35.8 Å². The number of nitro benzene ring substituents is 1. The minimum Gasteiger partial charge on any atom is -0.478 e. The van der Waals surface area contributed by atoms with Gasteiger partial charge < -0.3 is 14.7 Å². The lowest BCUT2D eigenvalue weighted by molar-refractivity contribution is -0.385. The summed E-state index contributed by atoms with van der Waals surface area (Å²) in [5.41, 5.74) is 5.03. The number of rotatable bonds is 13. The molecule has 228 valence electrons. The maximum absolute atomic E-state index is 12.8. The summed E-state index contributed by atoms with van der Waals surface area (Å²) in [6.45, 7) is 5.28. The fourth-order valence-corrected chi connectivity index (χ4v) is 4.67. The Labute approximate surface area is 253 Å². The molecule has 11 nitrogen and oxygen atoms in total. The molecule has 0 heterocycles. The Bertz CT molecular complexity index is 1700. The fourth-order valence-electron chi connectivity index (χ4n) is 4.67. The minimum atomic E-state index is -1.21. The molecule has 0 amide bonds. The molecule has 0 unspecified atom stereocenters. The van der Waals surface area contributed by atoms with E-state index in [1.165, 1.54) is 30.3 Å². The van der Waals surface area contributed by atoms with Gasteiger partial charge in [0.15, 0.2) is 5.75 Å². The van der Waals surface area contributed by atoms with Crippen LogP contribution in [0.15, 0.2) is 72.8 Å². The average molecular weight is 602 g/mol. The van der Waals surface area contributed by atoms with E-state index in [1.54, 1.807) is 25.1 Å². The molecule has 0 saturated carbocycles. The number of non-ortho nitro benzene ring substituents is 1. The van der Waals surface area contributed by atoms with Crippen LogP contribution in [0.4, 0.5) is 5.69 Å². The molecule has 0 aliphatic heterocycles. The Hall–Kier alpha value is -5.10. The number of carboxylic acid groups (broad SMARTS) is 1. The third-order valence-electron chi connectivity index (χ3n) is 6.97. The van der Waals surface area contributed by atoms with Crippen molar-refractivity contribution in [3.63, 3.8) is 0 Å². The molecule has 4 aromatic carbocycles. The van der Waals surface area contributed by atoms with E-state index in [0.29, 0.717) is 35.5 Å². The molecule has 0 fully saturated rings. The lowest BCUT2D eigenvalue weighted by atomic mass is 10.00. The Morgan fingerprint density at radius 2 is 1.55 bits per heavy atom. The number of benzene rings is 4. The summed E-state index contributed by atoms with van der Waals surface area (Å²) in [7, 11) is 0. The molecule has 0 aromatic heterocycles. The third-order valence-corrected chi connectivity index (χ3v) is 6.97. The van der Waals surface area contributed by atoms with Crippen molar-refractivity contribution in [1.82, 2.24) is 0 Å². The van der Waals surface area contributed by atoms with Crippen LogP contribution >= 0.6 is 0 Å². The first-order valence-electron chi connectivity index (χ1n) is 13.7. The highest BCUT2D eigenvalue weighted by Crippen LogP contribution is 2.27. The number of carbonyl (C=O) groups is 2. The lowest BCUT2D eigenvalue weighted by Crippen LogP contribution is -2.15. The summed E-state index contributed by atoms with van der Waals surface area (Å²) in [5, 5.41) is 29.4. The first-order chi connectivity index (χ1) is 21.1. The number of nitro groups is 1. The van der Waals surface area contributed by atoms with Gasteiger partial charge in [-0.05, 0) is 90.4 Å². The van der Waals surface area contributed by atoms with E-state index in [2.05, 4.69) is 4.89 Å². The first kappa shape index (κ1) is 31.8. The van der Waals surface area contributed by atoms with Crippen molar-refractivity contribution in [2.75, 3.05) is 0 Å². The fraction of sp³-hybridized carbons (Fsp3) is 0.212. The first-order valence-corrected chi connectivity index (χ1v) is 13.7. The van der Waals surface area contributed by atoms with Gasteiger partial charge in [0.1, 0.15) is 19.0 Å². The van der Waals surface area contributed by atoms with Gasteiger partial charge in [0.2, 0.25) is 0 Å². The van der Waals surface area contributed by atoms with E-state index in [0.717, 1.165) is 27.8 Å². The predicted octanol–water partition coefficient (Wildman–Crippen LogP) is 6.78. The minimum absolute atomic E-state index is 0.0101. The van der Waals surface area contributed by atoms with E-state index in [1.807, 2.05) is 38.1 Å². The van der Waals surface area contributed by atoms with E-state index in [4.69, 9.17) is 19.8 Å². The molecular formula is C33H31NO10. The predicted molar refractivity (Wildman–Crippen MR) is 159 cm³/mol. The van der Waals surface area contributed by atoms with Gasteiger partial charge in [0.25, 0.3) is 5.69 Å². The molecule has 4 aromatic rings. The molecule has 0 radical (unpaired) electrons. The number of carbonyl (C=O) groups excluding carboxylic acids is 1. The number of ether oxygens (including phenoxy) is 1. The van der Waals surface area contributed by atoms with Crippen molar-refractivity contribution < 1.29 is 44.3 Å². The van der Waals surface area contributed by atoms with Crippen LogP contribution in [-0.4, -0.2) is 27.2 Å². The van der Waals surface area contributed by atoms with E-state index in [9.17, 15) is 24.8 Å².